The molecule has 100 valence electrons. The van der Waals surface area contributed by atoms with Crippen LogP contribution in [0.2, 0.25) is 0 Å². The van der Waals surface area contributed by atoms with Crippen molar-refractivity contribution in [3.05, 3.63) is 0 Å². The number of nitrogens with zero attached hydrogens (tertiary/aromatic N) is 3. The van der Waals surface area contributed by atoms with Gasteiger partial charge in [0.2, 0.25) is 5.91 Å². The predicted octanol–water partition coefficient (Wildman–Crippen LogP) is -1.84. The van der Waals surface area contributed by atoms with Crippen molar-refractivity contribution in [2.24, 2.45) is 0 Å². The lowest BCUT2D eigenvalue weighted by Crippen LogP contribution is -2.50. The second-order valence-corrected chi connectivity index (χ2v) is 6.43. The van der Waals surface area contributed by atoms with Crippen LogP contribution in [0.4, 0.5) is 0 Å². The molecule has 0 unspecified atom stereocenters. The molecule has 0 spiro atoms. The van der Waals surface area contributed by atoms with Crippen molar-refractivity contribution in [1.82, 2.24) is 18.8 Å². The third-order valence-corrected chi connectivity index (χ3v) is 4.52. The van der Waals surface area contributed by atoms with Gasteiger partial charge in [0.1, 0.15) is 0 Å². The molecule has 17 heavy (non-hydrogen) atoms. The molecule has 1 saturated heterocycles. The molecule has 1 aliphatic rings. The number of hydrogen-bond donors (Lipinski definition) is 1. The van der Waals surface area contributed by atoms with Crippen LogP contribution in [-0.2, 0) is 15.0 Å². The van der Waals surface area contributed by atoms with Crippen LogP contribution in [0.25, 0.3) is 0 Å². The first-order valence-electron chi connectivity index (χ1n) is 5.48. The standard InChI is InChI=1S/C9H20N4O3S/c1-11(2)17(15,16)12(3)8-9(14)13-6-4-10-5-7-13/h10H,4-8H2,1-3H3. The second kappa shape index (κ2) is 5.76. The van der Waals surface area contributed by atoms with Gasteiger partial charge < -0.3 is 10.2 Å². The number of nitrogens with one attached hydrogen (secondary N) is 1. The van der Waals surface area contributed by atoms with Gasteiger partial charge in [0.05, 0.1) is 6.54 Å². The maximum atomic E-state index is 11.9. The van der Waals surface area contributed by atoms with Crippen molar-refractivity contribution in [3.8, 4) is 0 Å². The molecular formula is C9H20N4O3S. The average molecular weight is 264 g/mol. The summed E-state index contributed by atoms with van der Waals surface area (Å²) in [4.78, 5) is 13.5. The summed E-state index contributed by atoms with van der Waals surface area (Å²) in [5.74, 6) is -0.153. The average Bonchev–Trinajstić information content (AvgIpc) is 2.29. The number of piperazine rings is 1. The van der Waals surface area contributed by atoms with E-state index in [2.05, 4.69) is 5.32 Å². The number of carbonyl (C=O) groups is 1. The zero-order valence-corrected chi connectivity index (χ0v) is 11.3. The topological polar surface area (TPSA) is 73.0 Å². The lowest BCUT2D eigenvalue weighted by atomic mass is 10.3. The van der Waals surface area contributed by atoms with Crippen LogP contribution in [0, 0.1) is 0 Å². The molecule has 1 heterocycles. The van der Waals surface area contributed by atoms with Crippen LogP contribution < -0.4 is 5.32 Å². The summed E-state index contributed by atoms with van der Waals surface area (Å²) in [6, 6.07) is 0. The van der Waals surface area contributed by atoms with Crippen molar-refractivity contribution in [1.29, 1.82) is 0 Å². The summed E-state index contributed by atoms with van der Waals surface area (Å²) in [5.41, 5.74) is 0. The Labute approximate surface area is 103 Å². The summed E-state index contributed by atoms with van der Waals surface area (Å²) in [6.45, 7) is 2.68. The first-order valence-corrected chi connectivity index (χ1v) is 6.87. The van der Waals surface area contributed by atoms with Gasteiger partial charge in [-0.15, -0.1) is 0 Å². The zero-order chi connectivity index (χ0) is 13.1. The number of rotatable bonds is 4. The lowest BCUT2D eigenvalue weighted by molar-refractivity contribution is -0.131. The van der Waals surface area contributed by atoms with Gasteiger partial charge in [-0.3, -0.25) is 4.79 Å². The van der Waals surface area contributed by atoms with Crippen molar-refractivity contribution >= 4 is 16.1 Å². The van der Waals surface area contributed by atoms with Crippen LogP contribution in [0.1, 0.15) is 0 Å². The minimum atomic E-state index is -3.51. The summed E-state index contributed by atoms with van der Waals surface area (Å²) in [6.07, 6.45) is 0. The Hall–Kier alpha value is -0.700. The van der Waals surface area contributed by atoms with Crippen LogP contribution in [0.3, 0.4) is 0 Å². The molecule has 0 bridgehead atoms. The number of likely N-dealkylation sites (N-methyl/N-ethyl adjacent to an activating group) is 1. The van der Waals surface area contributed by atoms with Gasteiger partial charge in [0, 0.05) is 47.3 Å². The molecule has 0 saturated carbocycles. The molecule has 0 aromatic rings. The molecule has 1 fully saturated rings. The highest BCUT2D eigenvalue weighted by molar-refractivity contribution is 7.86. The number of carbonyl (C=O) groups excluding carboxylic acids is 1. The molecule has 1 N–H and O–H groups in total. The van der Waals surface area contributed by atoms with E-state index in [-0.39, 0.29) is 12.5 Å². The van der Waals surface area contributed by atoms with Crippen molar-refractivity contribution in [2.75, 3.05) is 53.9 Å². The molecule has 7 nitrogen and oxygen atoms in total. The summed E-state index contributed by atoms with van der Waals surface area (Å²) in [5, 5.41) is 3.14. The van der Waals surface area contributed by atoms with E-state index in [4.69, 9.17) is 0 Å². The third-order valence-electron chi connectivity index (χ3n) is 2.68. The van der Waals surface area contributed by atoms with E-state index in [1.54, 1.807) is 4.90 Å². The smallest absolute Gasteiger partial charge is 0.281 e. The highest BCUT2D eigenvalue weighted by Gasteiger charge is 2.25. The molecule has 1 rings (SSSR count). The van der Waals surface area contributed by atoms with E-state index >= 15 is 0 Å². The van der Waals surface area contributed by atoms with Gasteiger partial charge in [-0.2, -0.15) is 17.0 Å². The monoisotopic (exact) mass is 264 g/mol. The van der Waals surface area contributed by atoms with E-state index in [1.165, 1.54) is 21.1 Å². The van der Waals surface area contributed by atoms with Gasteiger partial charge in [0.15, 0.2) is 0 Å². The van der Waals surface area contributed by atoms with Gasteiger partial charge in [0.25, 0.3) is 10.2 Å². The molecule has 1 amide bonds. The molecule has 0 aliphatic carbocycles. The van der Waals surface area contributed by atoms with Crippen molar-refractivity contribution in [2.45, 2.75) is 0 Å². The van der Waals surface area contributed by atoms with Gasteiger partial charge >= 0.3 is 0 Å². The highest BCUT2D eigenvalue weighted by Crippen LogP contribution is 2.03. The molecular weight excluding hydrogens is 244 g/mol. The first-order chi connectivity index (χ1) is 7.85. The van der Waals surface area contributed by atoms with Crippen molar-refractivity contribution in [3.63, 3.8) is 0 Å². The number of amides is 1. The van der Waals surface area contributed by atoms with E-state index in [1.807, 2.05) is 0 Å². The first kappa shape index (κ1) is 14.4. The Balaban J connectivity index is 2.56. The Morgan fingerprint density at radius 1 is 1.24 bits per heavy atom. The lowest BCUT2D eigenvalue weighted by Gasteiger charge is -2.29. The molecule has 1 aliphatic heterocycles. The van der Waals surface area contributed by atoms with Crippen LogP contribution >= 0.6 is 0 Å². The Kier molecular flexibility index (Phi) is 4.87. The summed E-state index contributed by atoms with van der Waals surface area (Å²) in [7, 11) is 0.796. The fraction of sp³-hybridized carbons (Fsp3) is 0.889. The minimum Gasteiger partial charge on any atom is -0.339 e. The zero-order valence-electron chi connectivity index (χ0n) is 10.5. The molecule has 0 aromatic carbocycles. The fourth-order valence-electron chi connectivity index (χ4n) is 1.57. The minimum absolute atomic E-state index is 0.111. The van der Waals surface area contributed by atoms with Gasteiger partial charge in [-0.25, -0.2) is 0 Å². The van der Waals surface area contributed by atoms with Crippen LogP contribution in [0.15, 0.2) is 0 Å². The maximum Gasteiger partial charge on any atom is 0.281 e. The quantitative estimate of drug-likeness (QED) is 0.647. The van der Waals surface area contributed by atoms with E-state index < -0.39 is 10.2 Å². The van der Waals surface area contributed by atoms with Gasteiger partial charge in [-0.1, -0.05) is 0 Å². The Morgan fingerprint density at radius 3 is 2.24 bits per heavy atom. The SMILES string of the molecule is CN(C)S(=O)(=O)N(C)CC(=O)N1CCNCC1. The highest BCUT2D eigenvalue weighted by atomic mass is 32.2. The second-order valence-electron chi connectivity index (χ2n) is 4.18. The molecule has 0 aromatic heterocycles. The third kappa shape index (κ3) is 3.63. The van der Waals surface area contributed by atoms with E-state index in [0.717, 1.165) is 21.7 Å². The van der Waals surface area contributed by atoms with Gasteiger partial charge in [-0.05, 0) is 0 Å². The van der Waals surface area contributed by atoms with Crippen LogP contribution in [0.5, 0.6) is 0 Å². The van der Waals surface area contributed by atoms with Crippen LogP contribution in [-0.4, -0.2) is 81.7 Å². The Morgan fingerprint density at radius 2 is 1.76 bits per heavy atom. The molecule has 0 radical (unpaired) electrons. The predicted molar refractivity (Wildman–Crippen MR) is 64.7 cm³/mol. The van der Waals surface area contributed by atoms with E-state index in [9.17, 15) is 13.2 Å². The number of hydrogen-bond acceptors (Lipinski definition) is 4. The largest absolute Gasteiger partial charge is 0.339 e. The molecule has 8 heteroatoms. The fourth-order valence-corrected chi connectivity index (χ4v) is 2.40. The Bertz CT molecular complexity index is 362. The summed E-state index contributed by atoms with van der Waals surface area (Å²) >= 11 is 0. The maximum absolute atomic E-state index is 11.9. The van der Waals surface area contributed by atoms with Crippen molar-refractivity contribution < 1.29 is 13.2 Å². The molecule has 0 atom stereocenters. The summed E-state index contributed by atoms with van der Waals surface area (Å²) < 4.78 is 25.6. The normalized spacial score (nSPS) is 17.8. The van der Waals surface area contributed by atoms with E-state index in [0.29, 0.717) is 13.1 Å².